The van der Waals surface area contributed by atoms with E-state index < -0.39 is 28.4 Å². The van der Waals surface area contributed by atoms with Gasteiger partial charge in [-0.2, -0.15) is 5.10 Å². The molecule has 3 aromatic rings. The molecule has 3 rings (SSSR count). The van der Waals surface area contributed by atoms with E-state index in [0.29, 0.717) is 17.1 Å². The number of nitrogens with zero attached hydrogens (tertiary/aromatic N) is 2. The van der Waals surface area contributed by atoms with Gasteiger partial charge in [-0.05, 0) is 42.0 Å². The molecule has 0 radical (unpaired) electrons. The predicted molar refractivity (Wildman–Crippen MR) is 134 cm³/mol. The first-order valence-corrected chi connectivity index (χ1v) is 12.1. The number of rotatable bonds is 11. The Balaban J connectivity index is 1.75. The van der Waals surface area contributed by atoms with E-state index in [2.05, 4.69) is 15.3 Å². The zero-order valence-corrected chi connectivity index (χ0v) is 20.5. The third-order valence-electron chi connectivity index (χ3n) is 4.81. The quantitative estimate of drug-likeness (QED) is 0.238. The van der Waals surface area contributed by atoms with Crippen LogP contribution in [-0.2, 0) is 24.3 Å². The van der Waals surface area contributed by atoms with Crippen molar-refractivity contribution in [3.63, 3.8) is 0 Å². The maximum atomic E-state index is 13.4. The van der Waals surface area contributed by atoms with Gasteiger partial charge in [0.2, 0.25) is 0 Å². The Hall–Kier alpha value is -4.38. The fourth-order valence-electron chi connectivity index (χ4n) is 3.03. The minimum atomic E-state index is -4.06. The van der Waals surface area contributed by atoms with Crippen LogP contribution in [0.3, 0.4) is 0 Å². The van der Waals surface area contributed by atoms with E-state index in [-0.39, 0.29) is 17.2 Å². The summed E-state index contributed by atoms with van der Waals surface area (Å²) in [7, 11) is -1.34. The van der Waals surface area contributed by atoms with Crippen molar-refractivity contribution in [1.82, 2.24) is 5.43 Å². The standard InChI is InChI=1S/C25H25N3O7S/c1-33-21-10-7-9-20(15-21)28(36(31,32)23-12-4-3-5-13-23)17-24(29)27-26-16-19-8-6-11-22(14-19)35-18-25(30)34-2/h3-16H,17-18H2,1-2H3,(H,27,29)/b26-16-. The number of carbonyl (C=O) groups is 2. The number of esters is 1. The van der Waals surface area contributed by atoms with Crippen LogP contribution in [0.1, 0.15) is 5.56 Å². The van der Waals surface area contributed by atoms with Crippen molar-refractivity contribution in [3.8, 4) is 11.5 Å². The number of ether oxygens (including phenoxy) is 3. The molecule has 0 heterocycles. The van der Waals surface area contributed by atoms with E-state index in [0.717, 1.165) is 4.31 Å². The molecule has 0 unspecified atom stereocenters. The van der Waals surface area contributed by atoms with E-state index >= 15 is 0 Å². The molecule has 0 aliphatic carbocycles. The molecule has 10 nitrogen and oxygen atoms in total. The van der Waals surface area contributed by atoms with Gasteiger partial charge in [-0.25, -0.2) is 18.6 Å². The minimum Gasteiger partial charge on any atom is -0.497 e. The van der Waals surface area contributed by atoms with Crippen LogP contribution in [0.5, 0.6) is 11.5 Å². The Labute approximate surface area is 209 Å². The number of nitrogens with one attached hydrogen (secondary N) is 1. The average Bonchev–Trinajstić information content (AvgIpc) is 2.91. The molecule has 0 atom stereocenters. The van der Waals surface area contributed by atoms with Gasteiger partial charge >= 0.3 is 5.97 Å². The SMILES string of the molecule is COC(=O)COc1cccc(/C=N\NC(=O)CN(c2cccc(OC)c2)S(=O)(=O)c2ccccc2)c1. The summed E-state index contributed by atoms with van der Waals surface area (Å²) in [6.07, 6.45) is 1.37. The highest BCUT2D eigenvalue weighted by molar-refractivity contribution is 7.92. The van der Waals surface area contributed by atoms with Crippen LogP contribution in [0.25, 0.3) is 0 Å². The van der Waals surface area contributed by atoms with Crippen molar-refractivity contribution in [1.29, 1.82) is 0 Å². The number of carbonyl (C=O) groups excluding carboxylic acids is 2. The number of anilines is 1. The first-order chi connectivity index (χ1) is 17.3. The molecule has 36 heavy (non-hydrogen) atoms. The first kappa shape index (κ1) is 26.2. The molecule has 0 aliphatic heterocycles. The Morgan fingerprint density at radius 2 is 1.67 bits per heavy atom. The van der Waals surface area contributed by atoms with E-state index in [9.17, 15) is 18.0 Å². The van der Waals surface area contributed by atoms with Gasteiger partial charge in [-0.3, -0.25) is 9.10 Å². The van der Waals surface area contributed by atoms with Gasteiger partial charge < -0.3 is 14.2 Å². The molecular weight excluding hydrogens is 486 g/mol. The second-order valence-corrected chi connectivity index (χ2v) is 9.12. The van der Waals surface area contributed by atoms with E-state index in [4.69, 9.17) is 9.47 Å². The van der Waals surface area contributed by atoms with Gasteiger partial charge in [0, 0.05) is 6.07 Å². The lowest BCUT2D eigenvalue weighted by molar-refractivity contribution is -0.142. The molecule has 0 spiro atoms. The summed E-state index contributed by atoms with van der Waals surface area (Å²) in [6, 6.07) is 20.9. The van der Waals surface area contributed by atoms with E-state index in [1.807, 2.05) is 0 Å². The zero-order valence-electron chi connectivity index (χ0n) is 19.7. The maximum absolute atomic E-state index is 13.4. The van der Waals surface area contributed by atoms with Crippen molar-refractivity contribution >= 4 is 33.8 Å². The number of hydrogen-bond donors (Lipinski definition) is 1. The number of amides is 1. The summed E-state index contributed by atoms with van der Waals surface area (Å²) >= 11 is 0. The Bertz CT molecular complexity index is 1330. The molecular formula is C25H25N3O7S. The van der Waals surface area contributed by atoms with E-state index in [1.165, 1.54) is 38.6 Å². The van der Waals surface area contributed by atoms with Gasteiger partial charge in [-0.15, -0.1) is 0 Å². The molecule has 0 saturated heterocycles. The summed E-state index contributed by atoms with van der Waals surface area (Å²) in [4.78, 5) is 24.0. The van der Waals surface area contributed by atoms with Crippen LogP contribution in [-0.4, -0.2) is 53.9 Å². The van der Waals surface area contributed by atoms with Crippen LogP contribution in [0, 0.1) is 0 Å². The van der Waals surface area contributed by atoms with Gasteiger partial charge in [0.1, 0.15) is 18.0 Å². The predicted octanol–water partition coefficient (Wildman–Crippen LogP) is 2.59. The largest absolute Gasteiger partial charge is 0.497 e. The molecule has 1 N–H and O–H groups in total. The molecule has 0 aliphatic rings. The molecule has 0 aromatic heterocycles. The summed E-state index contributed by atoms with van der Waals surface area (Å²) in [6.45, 7) is -0.770. The fraction of sp³-hybridized carbons (Fsp3) is 0.160. The Kier molecular flexibility index (Phi) is 9.01. The van der Waals surface area contributed by atoms with Gasteiger partial charge in [0.25, 0.3) is 15.9 Å². The molecule has 11 heteroatoms. The number of hydrogen-bond acceptors (Lipinski definition) is 8. The number of sulfonamides is 1. The van der Waals surface area contributed by atoms with E-state index in [1.54, 1.807) is 60.7 Å². The summed E-state index contributed by atoms with van der Waals surface area (Å²) in [5.41, 5.74) is 3.18. The summed E-state index contributed by atoms with van der Waals surface area (Å²) < 4.78 is 42.7. The van der Waals surface area contributed by atoms with Crippen molar-refractivity contribution in [3.05, 3.63) is 84.4 Å². The maximum Gasteiger partial charge on any atom is 0.343 e. The van der Waals surface area contributed by atoms with Crippen molar-refractivity contribution in [2.75, 3.05) is 31.7 Å². The number of methoxy groups -OCH3 is 2. The van der Waals surface area contributed by atoms with Crippen LogP contribution in [0.2, 0.25) is 0 Å². The van der Waals surface area contributed by atoms with Gasteiger partial charge in [0.15, 0.2) is 6.61 Å². The second kappa shape index (κ2) is 12.4. The molecule has 3 aromatic carbocycles. The lowest BCUT2D eigenvalue weighted by Crippen LogP contribution is -2.39. The molecule has 1 amide bonds. The Morgan fingerprint density at radius 3 is 2.39 bits per heavy atom. The zero-order chi connectivity index (χ0) is 26.0. The normalized spacial score (nSPS) is 11.1. The smallest absolute Gasteiger partial charge is 0.343 e. The number of benzene rings is 3. The second-order valence-electron chi connectivity index (χ2n) is 7.26. The van der Waals surface area contributed by atoms with Crippen LogP contribution >= 0.6 is 0 Å². The molecule has 0 saturated carbocycles. The topological polar surface area (TPSA) is 124 Å². The van der Waals surface area contributed by atoms with Crippen molar-refractivity contribution in [2.24, 2.45) is 5.10 Å². The summed E-state index contributed by atoms with van der Waals surface area (Å²) in [5, 5.41) is 3.91. The van der Waals surface area contributed by atoms with Crippen molar-refractivity contribution < 1.29 is 32.2 Å². The highest BCUT2D eigenvalue weighted by atomic mass is 32.2. The molecule has 0 bridgehead atoms. The number of hydrazone groups is 1. The minimum absolute atomic E-state index is 0.0351. The molecule has 188 valence electrons. The summed E-state index contributed by atoms with van der Waals surface area (Å²) in [5.74, 6) is -0.332. The third kappa shape index (κ3) is 7.06. The van der Waals surface area contributed by atoms with Crippen molar-refractivity contribution in [2.45, 2.75) is 4.90 Å². The first-order valence-electron chi connectivity index (χ1n) is 10.7. The lowest BCUT2D eigenvalue weighted by Gasteiger charge is -2.24. The van der Waals surface area contributed by atoms with Gasteiger partial charge in [0.05, 0.1) is 31.0 Å². The highest BCUT2D eigenvalue weighted by Gasteiger charge is 2.27. The lowest BCUT2D eigenvalue weighted by atomic mass is 10.2. The average molecular weight is 512 g/mol. The molecule has 0 fully saturated rings. The highest BCUT2D eigenvalue weighted by Crippen LogP contribution is 2.26. The van der Waals surface area contributed by atoms with Crippen LogP contribution in [0.4, 0.5) is 5.69 Å². The van der Waals surface area contributed by atoms with Crippen LogP contribution in [0.15, 0.2) is 88.9 Å². The third-order valence-corrected chi connectivity index (χ3v) is 6.59. The monoisotopic (exact) mass is 511 g/mol. The Morgan fingerprint density at radius 1 is 0.944 bits per heavy atom. The fourth-order valence-corrected chi connectivity index (χ4v) is 4.46. The van der Waals surface area contributed by atoms with Crippen LogP contribution < -0.4 is 19.2 Å². The van der Waals surface area contributed by atoms with Gasteiger partial charge in [-0.1, -0.05) is 36.4 Å².